The molecular weight excluding hydrogens is 640 g/mol. The number of carbonyl (C=O) groups excluding carboxylic acids is 1. The Kier molecular flexibility index (Phi) is 8.20. The molecule has 250 valence electrons. The second-order valence-electron chi connectivity index (χ2n) is 12.1. The van der Waals surface area contributed by atoms with Crippen molar-refractivity contribution >= 4 is 11.9 Å². The second-order valence-corrected chi connectivity index (χ2v) is 12.1. The molecule has 2 aromatic heterocycles. The van der Waals surface area contributed by atoms with Crippen molar-refractivity contribution in [3.05, 3.63) is 100.0 Å². The highest BCUT2D eigenvalue weighted by Gasteiger charge is 2.49. The normalized spacial score (nSPS) is 19.5. The third-order valence-electron chi connectivity index (χ3n) is 9.22. The molecule has 2 fully saturated rings. The van der Waals surface area contributed by atoms with Gasteiger partial charge in [-0.05, 0) is 103 Å². The fraction of sp³-hybridized carbons (Fsp3) is 0.314. The number of ether oxygens (including phenoxy) is 1. The lowest BCUT2D eigenvalue weighted by molar-refractivity contribution is -0.141. The van der Waals surface area contributed by atoms with E-state index in [2.05, 4.69) is 9.97 Å². The van der Waals surface area contributed by atoms with Crippen LogP contribution in [0.5, 0.6) is 5.88 Å². The van der Waals surface area contributed by atoms with E-state index in [1.54, 1.807) is 19.9 Å². The summed E-state index contributed by atoms with van der Waals surface area (Å²) in [6, 6.07) is 9.07. The van der Waals surface area contributed by atoms with Gasteiger partial charge in [0.05, 0.1) is 24.3 Å². The number of aromatic carboxylic acids is 1. The van der Waals surface area contributed by atoms with Gasteiger partial charge in [-0.1, -0.05) is 6.07 Å². The quantitative estimate of drug-likeness (QED) is 0.208. The monoisotopic (exact) mass is 669 g/mol. The second kappa shape index (κ2) is 11.9. The molecule has 4 aromatic rings. The number of carboxylic acid groups (broad SMARTS) is 1. The summed E-state index contributed by atoms with van der Waals surface area (Å²) in [5.41, 5.74) is 1.87. The van der Waals surface area contributed by atoms with Gasteiger partial charge in [0.25, 0.3) is 0 Å². The van der Waals surface area contributed by atoms with Crippen LogP contribution in [0.25, 0.3) is 22.3 Å². The number of carbonyl (C=O) groups is 2. The zero-order valence-electron chi connectivity index (χ0n) is 25.9. The average molecular weight is 670 g/mol. The molecule has 1 N–H and O–H groups in total. The highest BCUT2D eigenvalue weighted by Crippen LogP contribution is 2.51. The van der Waals surface area contributed by atoms with Crippen LogP contribution in [-0.2, 0) is 17.1 Å². The SMILES string of the molecule is COc1ncc(-c2c(C)cc(C(=O)O)cc2C)cc1-c1ccc(C(F)(F)F)cc1C1CCC2C(c3ccnc(C(F)(F)F)c3)CC(=O)N12. The molecule has 0 saturated carbocycles. The smallest absolute Gasteiger partial charge is 0.433 e. The summed E-state index contributed by atoms with van der Waals surface area (Å²) in [5, 5.41) is 9.49. The van der Waals surface area contributed by atoms with E-state index in [0.717, 1.165) is 24.4 Å². The minimum Gasteiger partial charge on any atom is -0.481 e. The van der Waals surface area contributed by atoms with Crippen molar-refractivity contribution in [2.75, 3.05) is 7.11 Å². The summed E-state index contributed by atoms with van der Waals surface area (Å²) in [6.45, 7) is 3.49. The first-order valence-corrected chi connectivity index (χ1v) is 15.0. The minimum absolute atomic E-state index is 0.0952. The Balaban J connectivity index is 1.47. The summed E-state index contributed by atoms with van der Waals surface area (Å²) in [4.78, 5) is 34.5. The molecule has 0 radical (unpaired) electrons. The number of hydrogen-bond acceptors (Lipinski definition) is 5. The molecule has 13 heteroatoms. The van der Waals surface area contributed by atoms with Gasteiger partial charge in [-0.25, -0.2) is 9.78 Å². The predicted molar refractivity (Wildman–Crippen MR) is 162 cm³/mol. The van der Waals surface area contributed by atoms with Crippen molar-refractivity contribution in [2.24, 2.45) is 0 Å². The van der Waals surface area contributed by atoms with Crippen molar-refractivity contribution in [3.8, 4) is 28.1 Å². The fourth-order valence-electron chi connectivity index (χ4n) is 7.25. The van der Waals surface area contributed by atoms with Crippen molar-refractivity contribution < 1.29 is 45.8 Å². The Morgan fingerprint density at radius 1 is 0.917 bits per heavy atom. The van der Waals surface area contributed by atoms with Crippen LogP contribution in [0.1, 0.15) is 75.1 Å². The lowest BCUT2D eigenvalue weighted by atomic mass is 9.88. The maximum atomic E-state index is 14.1. The standard InChI is InChI=1S/C35H29F6N3O4/c1-17-10-20(33(46)47)11-18(2)31(17)21-12-26(32(48-3)43-16-21)23-5-4-22(34(36,37)38)14-25(23)28-7-6-27-24(15-30(45)44(27)28)19-8-9-42-29(13-19)35(39,40)41/h4-5,8-14,16,24,27-28H,6-7,15H2,1-3H3,(H,46,47). The van der Waals surface area contributed by atoms with Crippen molar-refractivity contribution in [2.45, 2.75) is 63.5 Å². The number of halogens is 6. The van der Waals surface area contributed by atoms with E-state index in [-0.39, 0.29) is 35.8 Å². The first-order chi connectivity index (χ1) is 22.6. The van der Waals surface area contributed by atoms with Gasteiger partial charge in [-0.3, -0.25) is 9.78 Å². The molecule has 2 aromatic carbocycles. The van der Waals surface area contributed by atoms with E-state index in [9.17, 15) is 41.0 Å². The predicted octanol–water partition coefficient (Wildman–Crippen LogP) is 8.39. The van der Waals surface area contributed by atoms with Gasteiger partial charge in [0, 0.05) is 41.9 Å². The fourth-order valence-corrected chi connectivity index (χ4v) is 7.25. The van der Waals surface area contributed by atoms with Gasteiger partial charge in [-0.2, -0.15) is 26.3 Å². The van der Waals surface area contributed by atoms with Crippen molar-refractivity contribution in [1.82, 2.24) is 14.9 Å². The maximum absolute atomic E-state index is 14.1. The number of benzene rings is 2. The summed E-state index contributed by atoms with van der Waals surface area (Å²) < 4.78 is 88.2. The van der Waals surface area contributed by atoms with Gasteiger partial charge in [0.2, 0.25) is 11.8 Å². The molecule has 2 aliphatic rings. The summed E-state index contributed by atoms with van der Waals surface area (Å²) in [7, 11) is 1.37. The van der Waals surface area contributed by atoms with Crippen molar-refractivity contribution in [1.29, 1.82) is 0 Å². The number of methoxy groups -OCH3 is 1. The first-order valence-electron chi connectivity index (χ1n) is 15.0. The lowest BCUT2D eigenvalue weighted by Crippen LogP contribution is -2.31. The van der Waals surface area contributed by atoms with Crippen LogP contribution in [0.2, 0.25) is 0 Å². The number of aromatic nitrogens is 2. The number of carboxylic acids is 1. The number of rotatable bonds is 6. The Morgan fingerprint density at radius 2 is 1.62 bits per heavy atom. The van der Waals surface area contributed by atoms with Crippen LogP contribution in [0.15, 0.2) is 60.9 Å². The highest BCUT2D eigenvalue weighted by atomic mass is 19.4. The molecule has 48 heavy (non-hydrogen) atoms. The topological polar surface area (TPSA) is 92.6 Å². The molecular formula is C35H29F6N3O4. The molecule has 2 saturated heterocycles. The molecule has 1 amide bonds. The van der Waals surface area contributed by atoms with Gasteiger partial charge in [0.15, 0.2) is 0 Å². The van der Waals surface area contributed by atoms with Gasteiger partial charge in [-0.15, -0.1) is 0 Å². The largest absolute Gasteiger partial charge is 0.481 e. The molecule has 7 nitrogen and oxygen atoms in total. The molecule has 2 aliphatic heterocycles. The number of amides is 1. The molecule has 3 atom stereocenters. The van der Waals surface area contributed by atoms with E-state index < -0.39 is 47.6 Å². The number of aryl methyl sites for hydroxylation is 2. The number of pyridine rings is 2. The van der Waals surface area contributed by atoms with Crippen molar-refractivity contribution in [3.63, 3.8) is 0 Å². The third kappa shape index (κ3) is 5.86. The van der Waals surface area contributed by atoms with Crippen LogP contribution < -0.4 is 4.74 Å². The average Bonchev–Trinajstić information content (AvgIpc) is 3.60. The van der Waals surface area contributed by atoms with Crippen LogP contribution in [0.4, 0.5) is 26.3 Å². The molecule has 4 heterocycles. The minimum atomic E-state index is -4.70. The van der Waals surface area contributed by atoms with E-state index in [4.69, 9.17) is 4.74 Å². The zero-order valence-corrected chi connectivity index (χ0v) is 25.9. The zero-order chi connectivity index (χ0) is 34.7. The third-order valence-corrected chi connectivity index (χ3v) is 9.22. The number of alkyl halides is 6. The van der Waals surface area contributed by atoms with Gasteiger partial charge < -0.3 is 14.7 Å². The summed E-state index contributed by atoms with van der Waals surface area (Å²) >= 11 is 0. The maximum Gasteiger partial charge on any atom is 0.433 e. The van der Waals surface area contributed by atoms with Crippen LogP contribution >= 0.6 is 0 Å². The van der Waals surface area contributed by atoms with Gasteiger partial charge >= 0.3 is 18.3 Å². The van der Waals surface area contributed by atoms with Gasteiger partial charge in [0.1, 0.15) is 5.69 Å². The molecule has 0 bridgehead atoms. The molecule has 6 rings (SSSR count). The highest BCUT2D eigenvalue weighted by molar-refractivity contribution is 5.90. The van der Waals surface area contributed by atoms with E-state index in [0.29, 0.717) is 45.4 Å². The first kappa shape index (κ1) is 33.0. The molecule has 3 unspecified atom stereocenters. The Bertz CT molecular complexity index is 1920. The van der Waals surface area contributed by atoms with E-state index in [1.165, 1.54) is 42.5 Å². The lowest BCUT2D eigenvalue weighted by Gasteiger charge is -2.29. The van der Waals surface area contributed by atoms with E-state index in [1.807, 2.05) is 0 Å². The summed E-state index contributed by atoms with van der Waals surface area (Å²) in [5.74, 6) is -1.94. The Labute approximate surface area is 271 Å². The van der Waals surface area contributed by atoms with Crippen LogP contribution in [0.3, 0.4) is 0 Å². The molecule has 0 aliphatic carbocycles. The van der Waals surface area contributed by atoms with Crippen LogP contribution in [0, 0.1) is 13.8 Å². The van der Waals surface area contributed by atoms with Crippen LogP contribution in [-0.4, -0.2) is 45.0 Å². The summed E-state index contributed by atoms with van der Waals surface area (Å²) in [6.07, 6.45) is -6.24. The van der Waals surface area contributed by atoms with E-state index >= 15 is 0 Å². The Hall–Kier alpha value is -4.94. The number of fused-ring (bicyclic) bond motifs is 1. The number of nitrogens with zero attached hydrogens (tertiary/aromatic N) is 3. The molecule has 0 spiro atoms. The Morgan fingerprint density at radius 3 is 2.25 bits per heavy atom. The number of hydrogen-bond donors (Lipinski definition) is 1.